The van der Waals surface area contributed by atoms with Crippen LogP contribution in [0.2, 0.25) is 0 Å². The van der Waals surface area contributed by atoms with Crippen molar-refractivity contribution in [2.24, 2.45) is 5.73 Å². The van der Waals surface area contributed by atoms with Crippen molar-refractivity contribution >= 4 is 17.0 Å². The summed E-state index contributed by atoms with van der Waals surface area (Å²) in [5.41, 5.74) is 8.24. The Labute approximate surface area is 107 Å². The first-order valence-corrected chi connectivity index (χ1v) is 6.71. The summed E-state index contributed by atoms with van der Waals surface area (Å²) < 4.78 is 0. The summed E-state index contributed by atoms with van der Waals surface area (Å²) in [7, 11) is 0. The van der Waals surface area contributed by atoms with Crippen LogP contribution in [0.1, 0.15) is 10.4 Å². The van der Waals surface area contributed by atoms with E-state index in [4.69, 9.17) is 5.73 Å². The summed E-state index contributed by atoms with van der Waals surface area (Å²) in [6.45, 7) is 4.63. The highest BCUT2D eigenvalue weighted by atomic mass is 32.1. The minimum Gasteiger partial charge on any atom is -0.365 e. The van der Waals surface area contributed by atoms with Gasteiger partial charge in [-0.25, -0.2) is 0 Å². The van der Waals surface area contributed by atoms with Gasteiger partial charge in [0.25, 0.3) is 0 Å². The van der Waals surface area contributed by atoms with Gasteiger partial charge < -0.3 is 10.6 Å². The van der Waals surface area contributed by atoms with Gasteiger partial charge in [0.05, 0.1) is 6.54 Å². The molecule has 2 nitrogen and oxygen atoms in total. The van der Waals surface area contributed by atoms with E-state index >= 15 is 0 Å². The van der Waals surface area contributed by atoms with Crippen LogP contribution < -0.4 is 10.6 Å². The van der Waals surface area contributed by atoms with E-state index in [1.165, 1.54) is 16.1 Å². The summed E-state index contributed by atoms with van der Waals surface area (Å²) >= 11 is 1.79. The van der Waals surface area contributed by atoms with E-state index in [0.29, 0.717) is 6.54 Å². The average Bonchev–Trinajstić information content (AvgIpc) is 2.81. The van der Waals surface area contributed by atoms with Crippen LogP contribution in [0.4, 0.5) is 5.69 Å². The predicted octanol–water partition coefficient (Wildman–Crippen LogP) is 3.02. The molecule has 0 fully saturated rings. The molecule has 0 atom stereocenters. The Bertz CT molecular complexity index is 451. The summed E-state index contributed by atoms with van der Waals surface area (Å²) in [5.74, 6) is 0. The third-order valence-electron chi connectivity index (χ3n) is 2.69. The van der Waals surface area contributed by atoms with Gasteiger partial charge in [-0.05, 0) is 36.1 Å². The minimum atomic E-state index is 0.680. The van der Waals surface area contributed by atoms with E-state index < -0.39 is 0 Å². The molecular formula is C14H18N2S. The number of benzene rings is 1. The maximum Gasteiger partial charge on any atom is 0.0523 e. The largest absolute Gasteiger partial charge is 0.365 e. The quantitative estimate of drug-likeness (QED) is 0.878. The molecule has 0 saturated heterocycles. The summed E-state index contributed by atoms with van der Waals surface area (Å²) in [6.07, 6.45) is 0. The molecule has 0 aliphatic carbocycles. The van der Waals surface area contributed by atoms with Crippen LogP contribution in [-0.2, 0) is 6.54 Å². The average molecular weight is 246 g/mol. The summed E-state index contributed by atoms with van der Waals surface area (Å²) in [6, 6.07) is 12.8. The van der Waals surface area contributed by atoms with Crippen molar-refractivity contribution in [3.8, 4) is 0 Å². The zero-order valence-corrected chi connectivity index (χ0v) is 10.9. The number of anilines is 1. The lowest BCUT2D eigenvalue weighted by Crippen LogP contribution is -2.28. The van der Waals surface area contributed by atoms with Crippen LogP contribution in [0.3, 0.4) is 0 Å². The fraction of sp³-hybridized carbons (Fsp3) is 0.286. The van der Waals surface area contributed by atoms with Crippen LogP contribution in [0, 0.1) is 6.92 Å². The number of thiophene rings is 1. The zero-order chi connectivity index (χ0) is 12.1. The Morgan fingerprint density at radius 1 is 1.24 bits per heavy atom. The van der Waals surface area contributed by atoms with E-state index in [2.05, 4.69) is 53.6 Å². The van der Waals surface area contributed by atoms with Gasteiger partial charge in [0.2, 0.25) is 0 Å². The molecule has 90 valence electrons. The van der Waals surface area contributed by atoms with Gasteiger partial charge in [-0.3, -0.25) is 0 Å². The third-order valence-corrected chi connectivity index (χ3v) is 3.55. The first-order valence-electron chi connectivity index (χ1n) is 5.83. The van der Waals surface area contributed by atoms with Gasteiger partial charge in [0.1, 0.15) is 0 Å². The van der Waals surface area contributed by atoms with Crippen LogP contribution in [0.15, 0.2) is 41.8 Å². The molecule has 0 saturated carbocycles. The molecule has 1 aromatic heterocycles. The molecule has 0 spiro atoms. The molecule has 0 radical (unpaired) electrons. The molecule has 2 aromatic rings. The van der Waals surface area contributed by atoms with Crippen molar-refractivity contribution in [1.82, 2.24) is 0 Å². The fourth-order valence-electron chi connectivity index (χ4n) is 1.87. The van der Waals surface area contributed by atoms with Crippen LogP contribution in [0.25, 0.3) is 0 Å². The molecule has 0 aliphatic heterocycles. The highest BCUT2D eigenvalue weighted by Crippen LogP contribution is 2.20. The van der Waals surface area contributed by atoms with Gasteiger partial charge in [0.15, 0.2) is 0 Å². The van der Waals surface area contributed by atoms with Crippen molar-refractivity contribution in [1.29, 1.82) is 0 Å². The van der Waals surface area contributed by atoms with E-state index in [9.17, 15) is 0 Å². The Kier molecular flexibility index (Phi) is 4.18. The molecule has 0 aliphatic rings. The predicted molar refractivity (Wildman–Crippen MR) is 75.6 cm³/mol. The lowest BCUT2D eigenvalue weighted by Gasteiger charge is -2.24. The molecule has 0 unspecified atom stereocenters. The smallest absolute Gasteiger partial charge is 0.0523 e. The summed E-state index contributed by atoms with van der Waals surface area (Å²) in [4.78, 5) is 3.71. The van der Waals surface area contributed by atoms with Gasteiger partial charge >= 0.3 is 0 Å². The standard InChI is InChI=1S/C14H18N2S/c1-12-4-2-5-13(10-12)16(8-7-15)11-14-6-3-9-17-14/h2-6,9-10H,7-8,11,15H2,1H3. The number of nitrogens with two attached hydrogens (primary N) is 1. The Morgan fingerprint density at radius 2 is 2.12 bits per heavy atom. The normalized spacial score (nSPS) is 10.5. The molecule has 0 bridgehead atoms. The Hall–Kier alpha value is -1.32. The van der Waals surface area contributed by atoms with Crippen LogP contribution >= 0.6 is 11.3 Å². The maximum atomic E-state index is 5.70. The molecule has 1 heterocycles. The summed E-state index contributed by atoms with van der Waals surface area (Å²) in [5, 5.41) is 2.12. The molecular weight excluding hydrogens is 228 g/mol. The number of nitrogens with zero attached hydrogens (tertiary/aromatic N) is 1. The second-order valence-corrected chi connectivity index (χ2v) is 5.16. The maximum absolute atomic E-state index is 5.70. The van der Waals surface area contributed by atoms with E-state index in [-0.39, 0.29) is 0 Å². The van der Waals surface area contributed by atoms with Crippen molar-refractivity contribution in [3.63, 3.8) is 0 Å². The Balaban J connectivity index is 2.16. The Morgan fingerprint density at radius 3 is 2.76 bits per heavy atom. The van der Waals surface area contributed by atoms with E-state index in [1.807, 2.05) is 0 Å². The van der Waals surface area contributed by atoms with Crippen molar-refractivity contribution < 1.29 is 0 Å². The van der Waals surface area contributed by atoms with Crippen LogP contribution in [-0.4, -0.2) is 13.1 Å². The topological polar surface area (TPSA) is 29.3 Å². The molecule has 2 rings (SSSR count). The van der Waals surface area contributed by atoms with E-state index in [0.717, 1.165) is 13.1 Å². The molecule has 2 N–H and O–H groups in total. The lowest BCUT2D eigenvalue weighted by molar-refractivity contribution is 0.797. The number of hydrogen-bond acceptors (Lipinski definition) is 3. The van der Waals surface area contributed by atoms with E-state index in [1.54, 1.807) is 11.3 Å². The lowest BCUT2D eigenvalue weighted by atomic mass is 10.2. The highest BCUT2D eigenvalue weighted by molar-refractivity contribution is 7.09. The van der Waals surface area contributed by atoms with Crippen molar-refractivity contribution in [2.75, 3.05) is 18.0 Å². The van der Waals surface area contributed by atoms with Gasteiger partial charge in [-0.15, -0.1) is 11.3 Å². The second-order valence-electron chi connectivity index (χ2n) is 4.13. The van der Waals surface area contributed by atoms with Gasteiger partial charge in [-0.2, -0.15) is 0 Å². The second kappa shape index (κ2) is 5.84. The van der Waals surface area contributed by atoms with Crippen molar-refractivity contribution in [2.45, 2.75) is 13.5 Å². The zero-order valence-electron chi connectivity index (χ0n) is 10.1. The molecule has 1 aromatic carbocycles. The SMILES string of the molecule is Cc1cccc(N(CCN)Cc2cccs2)c1. The number of hydrogen-bond donors (Lipinski definition) is 1. The minimum absolute atomic E-state index is 0.680. The van der Waals surface area contributed by atoms with Gasteiger partial charge in [0, 0.05) is 23.7 Å². The number of aryl methyl sites for hydroxylation is 1. The monoisotopic (exact) mass is 246 g/mol. The first kappa shape index (κ1) is 12.1. The molecule has 0 amide bonds. The number of rotatable bonds is 5. The molecule has 3 heteroatoms. The van der Waals surface area contributed by atoms with Crippen LogP contribution in [0.5, 0.6) is 0 Å². The highest BCUT2D eigenvalue weighted by Gasteiger charge is 2.07. The van der Waals surface area contributed by atoms with Crippen molar-refractivity contribution in [3.05, 3.63) is 52.2 Å². The van der Waals surface area contributed by atoms with Gasteiger partial charge in [-0.1, -0.05) is 18.2 Å². The third kappa shape index (κ3) is 3.32. The molecule has 17 heavy (non-hydrogen) atoms. The fourth-order valence-corrected chi connectivity index (χ4v) is 2.59. The first-order chi connectivity index (χ1) is 8.29.